The second kappa shape index (κ2) is 10.1. The van der Waals surface area contributed by atoms with Crippen LogP contribution in [0.2, 0.25) is 0 Å². The third kappa shape index (κ3) is 7.12. The fourth-order valence-electron chi connectivity index (χ4n) is 1.84. The van der Waals surface area contributed by atoms with Gasteiger partial charge in [0, 0.05) is 9.13 Å². The summed E-state index contributed by atoms with van der Waals surface area (Å²) < 4.78 is 64.7. The molecule has 1 N–H and O–H groups in total. The topological polar surface area (TPSA) is 63.6 Å². The fraction of sp³-hybridized carbons (Fsp3) is 0.294. The second-order valence-corrected chi connectivity index (χ2v) is 7.68. The zero-order chi connectivity index (χ0) is 19.8. The average molecular weight is 502 g/mol. The summed E-state index contributed by atoms with van der Waals surface area (Å²) in [6.45, 7) is 2.96. The van der Waals surface area contributed by atoms with E-state index in [2.05, 4.69) is 72.0 Å². The van der Waals surface area contributed by atoms with E-state index in [0.717, 1.165) is 25.2 Å². The van der Waals surface area contributed by atoms with Gasteiger partial charge in [0.2, 0.25) is 0 Å². The first-order valence-electron chi connectivity index (χ1n) is 7.58. The number of unbranched alkanes of at least 4 members (excludes halogenated alkanes) is 1. The summed E-state index contributed by atoms with van der Waals surface area (Å²) in [5, 5.41) is 0. The van der Waals surface area contributed by atoms with Crippen LogP contribution in [0.1, 0.15) is 19.8 Å². The van der Waals surface area contributed by atoms with Crippen molar-refractivity contribution < 1.29 is 30.9 Å². The number of rotatable bonds is 5. The minimum Gasteiger partial charge on any atom is -0.493 e. The van der Waals surface area contributed by atoms with Crippen LogP contribution in [-0.4, -0.2) is 25.1 Å². The monoisotopic (exact) mass is 502 g/mol. The van der Waals surface area contributed by atoms with Crippen molar-refractivity contribution in [3.05, 3.63) is 52.1 Å². The zero-order valence-electron chi connectivity index (χ0n) is 13.8. The molecule has 0 aromatic heterocycles. The molecule has 0 amide bonds. The van der Waals surface area contributed by atoms with Crippen molar-refractivity contribution in [2.45, 2.75) is 25.3 Å². The molecule has 0 aliphatic heterocycles. The highest BCUT2D eigenvalue weighted by atomic mass is 127. The molecule has 0 spiro atoms. The lowest BCUT2D eigenvalue weighted by Gasteiger charge is -2.13. The number of hydrogen-bond acceptors (Lipinski definition) is 3. The molecule has 0 saturated carbocycles. The van der Waals surface area contributed by atoms with Gasteiger partial charge in [-0.1, -0.05) is 49.7 Å². The Bertz CT molecular complexity index is 793. The molecule has 0 heterocycles. The molecule has 0 atom stereocenters. The Labute approximate surface area is 164 Å². The van der Waals surface area contributed by atoms with Gasteiger partial charge in [-0.3, -0.25) is 4.55 Å². The first-order chi connectivity index (χ1) is 12.1. The van der Waals surface area contributed by atoms with Gasteiger partial charge in [0.05, 0.1) is 6.61 Å². The Morgan fingerprint density at radius 3 is 2.15 bits per heavy atom. The number of halogens is 4. The van der Waals surface area contributed by atoms with Crippen LogP contribution in [0.15, 0.2) is 48.5 Å². The maximum atomic E-state index is 10.7. The molecule has 2 rings (SSSR count). The molecular weight excluding hydrogens is 484 g/mol. The number of benzene rings is 2. The van der Waals surface area contributed by atoms with E-state index in [-0.39, 0.29) is 0 Å². The molecule has 144 valence electrons. The lowest BCUT2D eigenvalue weighted by atomic mass is 10.0. The highest BCUT2D eigenvalue weighted by Gasteiger charge is 2.44. The molecule has 0 radical (unpaired) electrons. The van der Waals surface area contributed by atoms with E-state index in [1.807, 2.05) is 6.07 Å². The van der Waals surface area contributed by atoms with Gasteiger partial charge >= 0.3 is 15.6 Å². The molecule has 0 saturated heterocycles. The van der Waals surface area contributed by atoms with Crippen LogP contribution in [0.5, 0.6) is 5.75 Å². The number of hydrogen-bond donors (Lipinski definition) is 1. The van der Waals surface area contributed by atoms with E-state index in [0.29, 0.717) is 0 Å². The predicted octanol–water partition coefficient (Wildman–Crippen LogP) is 5.53. The quantitative estimate of drug-likeness (QED) is 0.253. The minimum absolute atomic E-state index is 0.788. The third-order valence-electron chi connectivity index (χ3n) is 3.09. The largest absolute Gasteiger partial charge is 0.522 e. The van der Waals surface area contributed by atoms with Crippen LogP contribution in [-0.2, 0) is 10.1 Å². The second-order valence-electron chi connectivity index (χ2n) is 5.10. The summed E-state index contributed by atoms with van der Waals surface area (Å²) in [7, 11) is -5.84. The zero-order valence-corrected chi connectivity index (χ0v) is 16.8. The summed E-state index contributed by atoms with van der Waals surface area (Å²) in [6, 6.07) is 16.7. The molecule has 9 heteroatoms. The smallest absolute Gasteiger partial charge is 0.493 e. The van der Waals surface area contributed by atoms with E-state index in [9.17, 15) is 13.2 Å². The molecule has 4 nitrogen and oxygen atoms in total. The van der Waals surface area contributed by atoms with Gasteiger partial charge in [0.25, 0.3) is 0 Å². The van der Waals surface area contributed by atoms with Crippen molar-refractivity contribution in [1.82, 2.24) is 0 Å². The van der Waals surface area contributed by atoms with Crippen molar-refractivity contribution in [3.8, 4) is 16.9 Å². The molecule has 26 heavy (non-hydrogen) atoms. The van der Waals surface area contributed by atoms with E-state index in [1.165, 1.54) is 14.7 Å². The fourth-order valence-corrected chi connectivity index (χ4v) is 2.62. The van der Waals surface area contributed by atoms with Crippen LogP contribution in [0, 0.1) is 3.57 Å². The normalized spacial score (nSPS) is 11.5. The lowest BCUT2D eigenvalue weighted by Crippen LogP contribution is -2.21. The highest BCUT2D eigenvalue weighted by molar-refractivity contribution is 14.1. The molecule has 0 unspecified atom stereocenters. The van der Waals surface area contributed by atoms with Crippen LogP contribution in [0.25, 0.3) is 11.1 Å². The Hall–Kier alpha value is -1.33. The summed E-state index contributed by atoms with van der Waals surface area (Å²) in [5.74, 6) is 0.988. The van der Waals surface area contributed by atoms with Gasteiger partial charge in [-0.15, -0.1) is 0 Å². The predicted molar refractivity (Wildman–Crippen MR) is 103 cm³/mol. The average Bonchev–Trinajstić information content (AvgIpc) is 2.55. The van der Waals surface area contributed by atoms with Gasteiger partial charge in [-0.05, 0) is 46.7 Å². The Kier molecular flexibility index (Phi) is 8.84. The minimum atomic E-state index is -5.84. The van der Waals surface area contributed by atoms with Crippen LogP contribution < -0.4 is 4.74 Å². The van der Waals surface area contributed by atoms with Crippen molar-refractivity contribution in [2.75, 3.05) is 6.61 Å². The molecule has 0 aliphatic rings. The Morgan fingerprint density at radius 1 is 1.08 bits per heavy atom. The van der Waals surface area contributed by atoms with Gasteiger partial charge < -0.3 is 4.74 Å². The van der Waals surface area contributed by atoms with Crippen LogP contribution in [0.4, 0.5) is 13.2 Å². The lowest BCUT2D eigenvalue weighted by molar-refractivity contribution is -0.0510. The summed E-state index contributed by atoms with van der Waals surface area (Å²) >= 11 is 2.37. The Balaban J connectivity index is 0.000000359. The highest BCUT2D eigenvalue weighted by Crippen LogP contribution is 2.34. The van der Waals surface area contributed by atoms with E-state index >= 15 is 0 Å². The maximum absolute atomic E-state index is 10.7. The number of alkyl halides is 3. The van der Waals surface area contributed by atoms with E-state index < -0.39 is 15.6 Å². The van der Waals surface area contributed by atoms with Crippen LogP contribution in [0.3, 0.4) is 0 Å². The molecular formula is C17H18F3IO4S. The third-order valence-corrected chi connectivity index (χ3v) is 4.57. The van der Waals surface area contributed by atoms with Crippen molar-refractivity contribution in [2.24, 2.45) is 0 Å². The first kappa shape index (κ1) is 22.7. The molecule has 2 aromatic carbocycles. The van der Waals surface area contributed by atoms with Gasteiger partial charge in [-0.2, -0.15) is 21.6 Å². The molecule has 2 aromatic rings. The van der Waals surface area contributed by atoms with Crippen molar-refractivity contribution >= 4 is 32.7 Å². The standard InChI is InChI=1S/C16H17IO.CHF3O3S/c1-2-3-12-18-15-11-7-10-14(17)16(15)13-8-5-4-6-9-13;2-1(3,4)8(5,6)7/h4-11H,2-3,12H2,1H3;(H,5,6,7). The first-order valence-corrected chi connectivity index (χ1v) is 10.1. The summed E-state index contributed by atoms with van der Waals surface area (Å²) in [6.07, 6.45) is 2.25. The van der Waals surface area contributed by atoms with Crippen LogP contribution >= 0.6 is 22.6 Å². The van der Waals surface area contributed by atoms with Crippen molar-refractivity contribution in [1.29, 1.82) is 0 Å². The van der Waals surface area contributed by atoms with Gasteiger partial charge in [0.1, 0.15) is 5.75 Å². The molecule has 0 bridgehead atoms. The van der Waals surface area contributed by atoms with Crippen molar-refractivity contribution in [3.63, 3.8) is 0 Å². The van der Waals surface area contributed by atoms with Gasteiger partial charge in [-0.25, -0.2) is 0 Å². The molecule has 0 fully saturated rings. The SMILES string of the molecule is CCCCOc1cccc(I)c1-c1ccccc1.O=S(=O)(O)C(F)(F)F. The van der Waals surface area contributed by atoms with E-state index in [4.69, 9.17) is 17.7 Å². The molecule has 0 aliphatic carbocycles. The summed E-state index contributed by atoms with van der Waals surface area (Å²) in [4.78, 5) is 0. The van der Waals surface area contributed by atoms with E-state index in [1.54, 1.807) is 0 Å². The number of ether oxygens (including phenoxy) is 1. The summed E-state index contributed by atoms with van der Waals surface area (Å²) in [5.41, 5.74) is -3.11. The van der Waals surface area contributed by atoms with Gasteiger partial charge in [0.15, 0.2) is 0 Å². The maximum Gasteiger partial charge on any atom is 0.522 e. The Morgan fingerprint density at radius 2 is 1.65 bits per heavy atom.